The van der Waals surface area contributed by atoms with Crippen molar-refractivity contribution in [1.29, 1.82) is 0 Å². The molecule has 0 aromatic heterocycles. The largest absolute Gasteiger partial charge is 0.497 e. The van der Waals surface area contributed by atoms with Crippen molar-refractivity contribution in [2.24, 2.45) is 5.92 Å². The van der Waals surface area contributed by atoms with Gasteiger partial charge < -0.3 is 15.0 Å². The number of carbonyl (C=O) groups excluding carboxylic acids is 1. The number of sulfone groups is 1. The molecule has 2 aromatic rings. The van der Waals surface area contributed by atoms with Gasteiger partial charge in [-0.15, -0.1) is 0 Å². The number of nitrogens with one attached hydrogen (secondary N) is 1. The van der Waals surface area contributed by atoms with Crippen LogP contribution in [0.15, 0.2) is 47.4 Å². The highest BCUT2D eigenvalue weighted by molar-refractivity contribution is 7.91. The van der Waals surface area contributed by atoms with E-state index < -0.39 is 27.5 Å². The summed E-state index contributed by atoms with van der Waals surface area (Å²) in [5.74, 6) is -1.52. The lowest BCUT2D eigenvalue weighted by Gasteiger charge is -2.19. The number of ether oxygens (including phenoxy) is 1. The molecule has 1 atom stereocenters. The van der Waals surface area contributed by atoms with Crippen LogP contribution in [0.2, 0.25) is 0 Å². The van der Waals surface area contributed by atoms with Crippen LogP contribution >= 0.6 is 0 Å². The van der Waals surface area contributed by atoms with Gasteiger partial charge in [-0.1, -0.05) is 6.92 Å². The van der Waals surface area contributed by atoms with Crippen molar-refractivity contribution in [3.8, 4) is 5.75 Å². The number of hydrogen-bond donors (Lipinski definition) is 1. The zero-order valence-electron chi connectivity index (χ0n) is 16.5. The third kappa shape index (κ3) is 5.26. The van der Waals surface area contributed by atoms with Crippen LogP contribution in [0.25, 0.3) is 0 Å². The van der Waals surface area contributed by atoms with Gasteiger partial charge in [-0.25, -0.2) is 12.8 Å². The lowest BCUT2D eigenvalue weighted by molar-refractivity contribution is -0.118. The maximum Gasteiger partial charge on any atom is 0.228 e. The number of amides is 1. The third-order valence-electron chi connectivity index (χ3n) is 4.96. The van der Waals surface area contributed by atoms with Gasteiger partial charge in [0.15, 0.2) is 9.84 Å². The monoisotopic (exact) mass is 420 g/mol. The Labute approximate surface area is 170 Å². The van der Waals surface area contributed by atoms with E-state index in [9.17, 15) is 17.6 Å². The Balaban J connectivity index is 1.68. The number of halogens is 1. The first-order valence-electron chi connectivity index (χ1n) is 9.52. The second-order valence-electron chi connectivity index (χ2n) is 7.24. The van der Waals surface area contributed by atoms with Gasteiger partial charge in [0.25, 0.3) is 0 Å². The molecule has 3 rings (SSSR count). The highest BCUT2D eigenvalue weighted by atomic mass is 32.2. The minimum atomic E-state index is -3.65. The number of nitrogens with zero attached hydrogens (tertiary/aromatic N) is 1. The van der Waals surface area contributed by atoms with Crippen LogP contribution in [0, 0.1) is 11.7 Å². The van der Waals surface area contributed by atoms with Crippen molar-refractivity contribution in [2.75, 3.05) is 36.2 Å². The second kappa shape index (κ2) is 8.82. The van der Waals surface area contributed by atoms with Crippen molar-refractivity contribution < 1.29 is 22.3 Å². The molecule has 0 bridgehead atoms. The van der Waals surface area contributed by atoms with E-state index in [2.05, 4.69) is 10.2 Å². The van der Waals surface area contributed by atoms with Gasteiger partial charge in [-0.05, 0) is 55.3 Å². The summed E-state index contributed by atoms with van der Waals surface area (Å²) in [5.41, 5.74) is 1.04. The number of rotatable bonds is 7. The summed E-state index contributed by atoms with van der Waals surface area (Å²) in [7, 11) is -2.15. The molecule has 156 valence electrons. The summed E-state index contributed by atoms with van der Waals surface area (Å²) in [6, 6.07) is 10.4. The number of carbonyl (C=O) groups is 1. The van der Waals surface area contributed by atoms with Crippen LogP contribution in [-0.4, -0.2) is 40.3 Å². The maximum atomic E-state index is 14.0. The SMILES string of the molecule is COc1ccc(S(=O)(=O)CC(C)C(=O)Nc2cc(F)cc(N3CCCC3)c2)cc1. The Morgan fingerprint density at radius 2 is 1.83 bits per heavy atom. The highest BCUT2D eigenvalue weighted by Crippen LogP contribution is 2.26. The molecule has 0 aliphatic carbocycles. The zero-order valence-corrected chi connectivity index (χ0v) is 17.3. The zero-order chi connectivity index (χ0) is 21.0. The average Bonchev–Trinajstić information content (AvgIpc) is 3.22. The van der Waals surface area contributed by atoms with Gasteiger partial charge in [-0.2, -0.15) is 0 Å². The Bertz CT molecular complexity index is 971. The molecular formula is C21H25FN2O4S. The van der Waals surface area contributed by atoms with E-state index in [1.807, 2.05) is 0 Å². The molecule has 2 aromatic carbocycles. The van der Waals surface area contributed by atoms with Crippen molar-refractivity contribution in [1.82, 2.24) is 0 Å². The fourth-order valence-electron chi connectivity index (χ4n) is 3.35. The van der Waals surface area contributed by atoms with Crippen LogP contribution in [0.5, 0.6) is 5.75 Å². The lowest BCUT2D eigenvalue weighted by Crippen LogP contribution is -2.27. The standard InChI is InChI=1S/C21H25FN2O4S/c1-15(14-29(26,27)20-7-5-19(28-2)6-8-20)21(25)23-17-11-16(22)12-18(13-17)24-9-3-4-10-24/h5-8,11-13,15H,3-4,9-10,14H2,1-2H3,(H,23,25). The number of anilines is 2. The van der Waals surface area contributed by atoms with Crippen molar-refractivity contribution >= 4 is 27.1 Å². The molecule has 0 saturated carbocycles. The number of methoxy groups -OCH3 is 1. The summed E-state index contributed by atoms with van der Waals surface area (Å²) in [5, 5.41) is 2.65. The highest BCUT2D eigenvalue weighted by Gasteiger charge is 2.24. The third-order valence-corrected chi connectivity index (χ3v) is 6.89. The smallest absolute Gasteiger partial charge is 0.228 e. The molecule has 1 unspecified atom stereocenters. The fourth-order valence-corrected chi connectivity index (χ4v) is 4.91. The van der Waals surface area contributed by atoms with Crippen molar-refractivity contribution in [2.45, 2.75) is 24.7 Å². The van der Waals surface area contributed by atoms with Crippen LogP contribution in [0.3, 0.4) is 0 Å². The normalized spacial score (nSPS) is 15.2. The molecule has 1 N–H and O–H groups in total. The average molecular weight is 421 g/mol. The minimum Gasteiger partial charge on any atom is -0.497 e. The second-order valence-corrected chi connectivity index (χ2v) is 9.27. The van der Waals surface area contributed by atoms with Crippen molar-refractivity contribution in [3.05, 3.63) is 48.3 Å². The molecule has 1 aliphatic rings. The molecule has 1 heterocycles. The molecule has 29 heavy (non-hydrogen) atoms. The van der Waals surface area contributed by atoms with E-state index in [-0.39, 0.29) is 10.6 Å². The number of benzene rings is 2. The summed E-state index contributed by atoms with van der Waals surface area (Å²) in [6.07, 6.45) is 2.11. The van der Waals surface area contributed by atoms with Gasteiger partial charge in [0, 0.05) is 30.4 Å². The van der Waals surface area contributed by atoms with E-state index >= 15 is 0 Å². The first kappa shape index (κ1) is 21.1. The molecule has 1 amide bonds. The Hall–Kier alpha value is -2.61. The van der Waals surface area contributed by atoms with E-state index in [4.69, 9.17) is 4.74 Å². The van der Waals surface area contributed by atoms with E-state index in [1.54, 1.807) is 18.2 Å². The van der Waals surface area contributed by atoms with Gasteiger partial charge >= 0.3 is 0 Å². The Morgan fingerprint density at radius 3 is 2.45 bits per heavy atom. The van der Waals surface area contributed by atoms with Crippen molar-refractivity contribution in [3.63, 3.8) is 0 Å². The molecule has 1 saturated heterocycles. The quantitative estimate of drug-likeness (QED) is 0.742. The maximum absolute atomic E-state index is 14.0. The molecule has 1 aliphatic heterocycles. The van der Waals surface area contributed by atoms with E-state index in [0.29, 0.717) is 11.4 Å². The van der Waals surface area contributed by atoms with Crippen LogP contribution in [-0.2, 0) is 14.6 Å². The predicted octanol–water partition coefficient (Wildman–Crippen LogP) is 3.48. The first-order valence-corrected chi connectivity index (χ1v) is 11.2. The first-order chi connectivity index (χ1) is 13.8. The molecule has 6 nitrogen and oxygen atoms in total. The van der Waals surface area contributed by atoms with Gasteiger partial charge in [0.05, 0.1) is 17.8 Å². The van der Waals surface area contributed by atoms with Gasteiger partial charge in [-0.3, -0.25) is 4.79 Å². The topological polar surface area (TPSA) is 75.7 Å². The Morgan fingerprint density at radius 1 is 1.17 bits per heavy atom. The van der Waals surface area contributed by atoms with Crippen LogP contribution in [0.4, 0.5) is 15.8 Å². The fraction of sp³-hybridized carbons (Fsp3) is 0.381. The van der Waals surface area contributed by atoms with Crippen LogP contribution in [0.1, 0.15) is 19.8 Å². The summed E-state index contributed by atoms with van der Waals surface area (Å²) in [6.45, 7) is 3.25. The molecule has 0 radical (unpaired) electrons. The predicted molar refractivity (Wildman–Crippen MR) is 111 cm³/mol. The van der Waals surface area contributed by atoms with Crippen LogP contribution < -0.4 is 15.0 Å². The van der Waals surface area contributed by atoms with E-state index in [0.717, 1.165) is 31.6 Å². The summed E-state index contributed by atoms with van der Waals surface area (Å²) in [4.78, 5) is 14.7. The Kier molecular flexibility index (Phi) is 6.42. The molecule has 8 heteroatoms. The van der Waals surface area contributed by atoms with Gasteiger partial charge in [0.2, 0.25) is 5.91 Å². The minimum absolute atomic E-state index is 0.125. The molecule has 1 fully saturated rings. The van der Waals surface area contributed by atoms with E-state index in [1.165, 1.54) is 38.3 Å². The number of hydrogen-bond acceptors (Lipinski definition) is 5. The lowest BCUT2D eigenvalue weighted by atomic mass is 10.2. The molecule has 0 spiro atoms. The molecular weight excluding hydrogens is 395 g/mol. The van der Waals surface area contributed by atoms with Gasteiger partial charge in [0.1, 0.15) is 11.6 Å². The summed E-state index contributed by atoms with van der Waals surface area (Å²) < 4.78 is 44.2. The summed E-state index contributed by atoms with van der Waals surface area (Å²) >= 11 is 0.